The van der Waals surface area contributed by atoms with Crippen LogP contribution in [0, 0.1) is 13.8 Å². The maximum atomic E-state index is 12.9. The van der Waals surface area contributed by atoms with Crippen molar-refractivity contribution in [2.45, 2.75) is 32.7 Å². The number of hydrogen-bond acceptors (Lipinski definition) is 3. The quantitative estimate of drug-likeness (QED) is 0.730. The smallest absolute Gasteiger partial charge is 0.253 e. The van der Waals surface area contributed by atoms with Crippen LogP contribution in [-0.4, -0.2) is 43.2 Å². The summed E-state index contributed by atoms with van der Waals surface area (Å²) >= 11 is 0. The monoisotopic (exact) mass is 349 g/mol. The summed E-state index contributed by atoms with van der Waals surface area (Å²) in [5.41, 5.74) is 3.77. The molecule has 26 heavy (non-hydrogen) atoms. The predicted molar refractivity (Wildman–Crippen MR) is 99.4 cm³/mol. The summed E-state index contributed by atoms with van der Waals surface area (Å²) in [6.07, 6.45) is 7.69. The molecule has 1 aliphatic rings. The number of likely N-dealkylation sites (tertiary alicyclic amines) is 1. The van der Waals surface area contributed by atoms with Gasteiger partial charge in [0.05, 0.1) is 23.8 Å². The van der Waals surface area contributed by atoms with Crippen LogP contribution in [0.4, 0.5) is 0 Å². The molecule has 1 fully saturated rings. The summed E-state index contributed by atoms with van der Waals surface area (Å²) in [7, 11) is 0. The Hall–Kier alpha value is -2.89. The lowest BCUT2D eigenvalue weighted by Gasteiger charge is -2.33. The number of imidazole rings is 1. The van der Waals surface area contributed by atoms with Crippen LogP contribution in [0.1, 0.15) is 40.6 Å². The molecule has 3 heterocycles. The van der Waals surface area contributed by atoms with Crippen molar-refractivity contribution in [1.82, 2.24) is 24.2 Å². The van der Waals surface area contributed by atoms with Crippen LogP contribution in [-0.2, 0) is 0 Å². The van der Waals surface area contributed by atoms with Gasteiger partial charge in [-0.15, -0.1) is 0 Å². The van der Waals surface area contributed by atoms with Gasteiger partial charge in [0, 0.05) is 36.7 Å². The average molecular weight is 349 g/mol. The van der Waals surface area contributed by atoms with E-state index in [1.54, 1.807) is 6.20 Å². The maximum Gasteiger partial charge on any atom is 0.253 e. The fourth-order valence-corrected chi connectivity index (χ4v) is 3.69. The highest BCUT2D eigenvalue weighted by Crippen LogP contribution is 2.23. The molecule has 6 heteroatoms. The number of aromatic nitrogens is 4. The molecular weight excluding hydrogens is 326 g/mol. The van der Waals surface area contributed by atoms with Crippen molar-refractivity contribution in [1.29, 1.82) is 0 Å². The third kappa shape index (κ3) is 3.14. The van der Waals surface area contributed by atoms with Crippen LogP contribution >= 0.6 is 0 Å². The van der Waals surface area contributed by atoms with Gasteiger partial charge in [0.1, 0.15) is 0 Å². The van der Waals surface area contributed by atoms with Crippen LogP contribution in [0.2, 0.25) is 0 Å². The van der Waals surface area contributed by atoms with Gasteiger partial charge >= 0.3 is 0 Å². The van der Waals surface area contributed by atoms with Crippen molar-refractivity contribution < 1.29 is 4.79 Å². The van der Waals surface area contributed by atoms with Crippen molar-refractivity contribution >= 4 is 5.91 Å². The van der Waals surface area contributed by atoms with E-state index in [9.17, 15) is 4.79 Å². The third-order valence-corrected chi connectivity index (χ3v) is 5.00. The lowest BCUT2D eigenvalue weighted by atomic mass is 10.0. The summed E-state index contributed by atoms with van der Waals surface area (Å²) in [4.78, 5) is 19.0. The van der Waals surface area contributed by atoms with Gasteiger partial charge in [0.15, 0.2) is 0 Å². The molecule has 3 aromatic rings. The Labute approximate surface area is 153 Å². The SMILES string of the molecule is Cc1cc(C)n(-c2ccc(C(=O)N3CCC[C@@H](n4ccnc4)C3)cc2)n1. The number of benzene rings is 1. The van der Waals surface area contributed by atoms with E-state index in [4.69, 9.17) is 0 Å². The van der Waals surface area contributed by atoms with E-state index < -0.39 is 0 Å². The summed E-state index contributed by atoms with van der Waals surface area (Å²) in [6.45, 7) is 5.55. The van der Waals surface area contributed by atoms with Crippen molar-refractivity contribution in [3.05, 3.63) is 66.0 Å². The van der Waals surface area contributed by atoms with E-state index in [0.29, 0.717) is 6.04 Å². The topological polar surface area (TPSA) is 56.0 Å². The van der Waals surface area contributed by atoms with Crippen molar-refractivity contribution in [2.75, 3.05) is 13.1 Å². The molecule has 1 aliphatic heterocycles. The highest BCUT2D eigenvalue weighted by molar-refractivity contribution is 5.94. The normalized spacial score (nSPS) is 17.5. The number of hydrogen-bond donors (Lipinski definition) is 0. The molecule has 0 spiro atoms. The molecule has 0 aliphatic carbocycles. The van der Waals surface area contributed by atoms with Gasteiger partial charge in [-0.25, -0.2) is 9.67 Å². The Morgan fingerprint density at radius 2 is 2.00 bits per heavy atom. The second kappa shape index (κ2) is 6.78. The number of carbonyl (C=O) groups is 1. The molecular formula is C20H23N5O. The van der Waals surface area contributed by atoms with Gasteiger partial charge in [0.2, 0.25) is 0 Å². The second-order valence-corrected chi connectivity index (χ2v) is 6.94. The highest BCUT2D eigenvalue weighted by atomic mass is 16.2. The molecule has 1 saturated heterocycles. The molecule has 0 radical (unpaired) electrons. The number of amides is 1. The molecule has 6 nitrogen and oxygen atoms in total. The Balaban J connectivity index is 1.50. The first-order valence-electron chi connectivity index (χ1n) is 9.02. The number of aryl methyl sites for hydroxylation is 2. The van der Waals surface area contributed by atoms with E-state index in [1.807, 2.05) is 66.3 Å². The fourth-order valence-electron chi connectivity index (χ4n) is 3.69. The maximum absolute atomic E-state index is 12.9. The van der Waals surface area contributed by atoms with E-state index >= 15 is 0 Å². The molecule has 134 valence electrons. The molecule has 1 amide bonds. The highest BCUT2D eigenvalue weighted by Gasteiger charge is 2.25. The van der Waals surface area contributed by atoms with Gasteiger partial charge < -0.3 is 9.47 Å². The number of rotatable bonds is 3. The van der Waals surface area contributed by atoms with E-state index in [2.05, 4.69) is 14.6 Å². The summed E-state index contributed by atoms with van der Waals surface area (Å²) in [5, 5.41) is 4.50. The Morgan fingerprint density at radius 1 is 1.19 bits per heavy atom. The summed E-state index contributed by atoms with van der Waals surface area (Å²) in [5.74, 6) is 0.0923. The third-order valence-electron chi connectivity index (χ3n) is 5.00. The lowest BCUT2D eigenvalue weighted by Crippen LogP contribution is -2.40. The fraction of sp³-hybridized carbons (Fsp3) is 0.350. The van der Waals surface area contributed by atoms with Crippen molar-refractivity contribution in [2.24, 2.45) is 0 Å². The van der Waals surface area contributed by atoms with Crippen LogP contribution in [0.15, 0.2) is 49.1 Å². The molecule has 1 atom stereocenters. The van der Waals surface area contributed by atoms with Crippen molar-refractivity contribution in [3.63, 3.8) is 0 Å². The second-order valence-electron chi connectivity index (χ2n) is 6.94. The van der Waals surface area contributed by atoms with Crippen molar-refractivity contribution in [3.8, 4) is 5.69 Å². The first-order chi connectivity index (χ1) is 12.6. The van der Waals surface area contributed by atoms with Crippen LogP contribution < -0.4 is 0 Å². The summed E-state index contributed by atoms with van der Waals surface area (Å²) in [6, 6.07) is 10.1. The Morgan fingerprint density at radius 3 is 2.65 bits per heavy atom. The molecule has 4 rings (SSSR count). The van der Waals surface area contributed by atoms with E-state index in [0.717, 1.165) is 48.6 Å². The predicted octanol–water partition coefficient (Wildman–Crippen LogP) is 3.16. The number of piperidine rings is 1. The molecule has 2 aromatic heterocycles. The number of nitrogens with zero attached hydrogens (tertiary/aromatic N) is 5. The molecule has 0 bridgehead atoms. The zero-order chi connectivity index (χ0) is 18.1. The zero-order valence-electron chi connectivity index (χ0n) is 15.2. The van der Waals surface area contributed by atoms with Crippen LogP contribution in [0.25, 0.3) is 5.69 Å². The first-order valence-corrected chi connectivity index (χ1v) is 9.02. The lowest BCUT2D eigenvalue weighted by molar-refractivity contribution is 0.0679. The van der Waals surface area contributed by atoms with Gasteiger partial charge in [-0.3, -0.25) is 4.79 Å². The number of carbonyl (C=O) groups excluding carboxylic acids is 1. The Bertz CT molecular complexity index is 895. The summed E-state index contributed by atoms with van der Waals surface area (Å²) < 4.78 is 4.00. The van der Waals surface area contributed by atoms with E-state index in [-0.39, 0.29) is 5.91 Å². The van der Waals surface area contributed by atoms with E-state index in [1.165, 1.54) is 0 Å². The standard InChI is InChI=1S/C20H23N5O/c1-15-12-16(2)25(22-15)18-7-5-17(6-8-18)20(26)23-10-3-4-19(13-23)24-11-9-21-14-24/h5-9,11-12,14,19H,3-4,10,13H2,1-2H3/t19-/m1/s1. The molecule has 0 unspecified atom stereocenters. The zero-order valence-corrected chi connectivity index (χ0v) is 15.2. The minimum atomic E-state index is 0.0923. The minimum absolute atomic E-state index is 0.0923. The van der Waals surface area contributed by atoms with Gasteiger partial charge in [-0.05, 0) is 57.0 Å². The first kappa shape index (κ1) is 16.6. The van der Waals surface area contributed by atoms with Gasteiger partial charge in [0.25, 0.3) is 5.91 Å². The molecule has 1 aromatic carbocycles. The molecule has 0 N–H and O–H groups in total. The average Bonchev–Trinajstić information content (AvgIpc) is 3.31. The van der Waals surface area contributed by atoms with Gasteiger partial charge in [-0.2, -0.15) is 5.10 Å². The van der Waals surface area contributed by atoms with Crippen LogP contribution in [0.5, 0.6) is 0 Å². The largest absolute Gasteiger partial charge is 0.337 e. The Kier molecular flexibility index (Phi) is 4.32. The minimum Gasteiger partial charge on any atom is -0.337 e. The van der Waals surface area contributed by atoms with Crippen LogP contribution in [0.3, 0.4) is 0 Å². The molecule has 0 saturated carbocycles. The van der Waals surface area contributed by atoms with Gasteiger partial charge in [-0.1, -0.05) is 0 Å².